The molecule has 13 nitrogen and oxygen atoms in total. The fourth-order valence-corrected chi connectivity index (χ4v) is 7.05. The largest absolute Gasteiger partial charge is 0.493 e. The highest BCUT2D eigenvalue weighted by Gasteiger charge is 2.56. The lowest BCUT2D eigenvalue weighted by molar-refractivity contribution is -0.388. The number of carbonyl (C=O) groups is 1. The number of ether oxygens (including phenoxy) is 10. The quantitative estimate of drug-likeness (QED) is 0.456. The predicted molar refractivity (Wildman–Crippen MR) is 148 cm³/mol. The molecule has 13 heteroatoms. The lowest BCUT2D eigenvalue weighted by Gasteiger charge is -2.49. The predicted octanol–water partition coefficient (Wildman–Crippen LogP) is 2.03. The van der Waals surface area contributed by atoms with Crippen LogP contribution in [-0.4, -0.2) is 94.0 Å². The number of cyclic esters (lactones) is 1. The molecule has 0 saturated carbocycles. The van der Waals surface area contributed by atoms with Crippen molar-refractivity contribution in [1.29, 1.82) is 0 Å². The average Bonchev–Trinajstić information content (AvgIpc) is 3.64. The summed E-state index contributed by atoms with van der Waals surface area (Å²) in [5.74, 6) is -0.677. The summed E-state index contributed by atoms with van der Waals surface area (Å²) in [6, 6.07) is 7.31. The molecule has 1 aliphatic carbocycles. The topological polar surface area (TPSA) is 150 Å². The highest BCUT2D eigenvalue weighted by molar-refractivity contribution is 5.79. The minimum absolute atomic E-state index is 0.0452. The lowest BCUT2D eigenvalue weighted by Crippen LogP contribution is -2.65. The molecule has 3 fully saturated rings. The second-order valence-electron chi connectivity index (χ2n) is 12.0. The number of aliphatic hydroxyl groups excluding tert-OH is 2. The zero-order chi connectivity index (χ0) is 30.9. The highest BCUT2D eigenvalue weighted by Crippen LogP contribution is 2.57. The van der Waals surface area contributed by atoms with Crippen molar-refractivity contribution in [3.63, 3.8) is 0 Å². The van der Waals surface area contributed by atoms with Gasteiger partial charge in [-0.25, -0.2) is 0 Å². The first-order chi connectivity index (χ1) is 21.1. The van der Waals surface area contributed by atoms with Gasteiger partial charge in [0, 0.05) is 11.8 Å². The van der Waals surface area contributed by atoms with Gasteiger partial charge in [-0.05, 0) is 54.8 Å². The van der Waals surface area contributed by atoms with Crippen LogP contribution in [0.15, 0.2) is 24.3 Å². The molecule has 4 aliphatic heterocycles. The molecular weight excluding hydrogens is 580 g/mol. The molecule has 238 valence electrons. The molecule has 0 amide bonds. The fraction of sp³-hybridized carbons (Fsp3) is 0.581. The van der Waals surface area contributed by atoms with Gasteiger partial charge in [0.05, 0.1) is 46.6 Å². The molecule has 0 bridgehead atoms. The van der Waals surface area contributed by atoms with Crippen LogP contribution in [0, 0.1) is 11.8 Å². The van der Waals surface area contributed by atoms with E-state index in [-0.39, 0.29) is 20.0 Å². The van der Waals surface area contributed by atoms with Crippen LogP contribution in [0.5, 0.6) is 28.7 Å². The lowest BCUT2D eigenvalue weighted by atomic mass is 9.66. The van der Waals surface area contributed by atoms with Crippen molar-refractivity contribution < 1.29 is 62.4 Å². The summed E-state index contributed by atoms with van der Waals surface area (Å²) >= 11 is 0. The first-order valence-corrected chi connectivity index (χ1v) is 14.5. The van der Waals surface area contributed by atoms with Gasteiger partial charge >= 0.3 is 5.97 Å². The number of aliphatic hydroxyl groups is 2. The van der Waals surface area contributed by atoms with Crippen LogP contribution in [0.2, 0.25) is 0 Å². The van der Waals surface area contributed by atoms with E-state index in [9.17, 15) is 15.0 Å². The van der Waals surface area contributed by atoms with Crippen LogP contribution in [0.1, 0.15) is 42.6 Å². The third kappa shape index (κ3) is 4.65. The van der Waals surface area contributed by atoms with Crippen LogP contribution in [0.4, 0.5) is 0 Å². The normalized spacial score (nSPS) is 34.8. The Balaban J connectivity index is 1.31. The van der Waals surface area contributed by atoms with Gasteiger partial charge in [-0.2, -0.15) is 0 Å². The van der Waals surface area contributed by atoms with E-state index in [0.717, 1.165) is 11.1 Å². The summed E-state index contributed by atoms with van der Waals surface area (Å²) < 4.78 is 58.2. The standard InChI is InChI=1S/C31H36O13/c1-31(2)41-11-21-28(44-31)24(32)25(33)30(42-21)43-26-15-9-18-17(39-12-40-18)8-14(15)22(23-16(26)10-38-29(23)34)13-6-19(35-3)27(37-5)20(7-13)36-4/h6-9,16,21-26,28,30,32-33H,10-12H2,1-5H3/t16-,21+,22+,23-,24+,25+,26-,28+,30+/m0/s1. The maximum atomic E-state index is 13.5. The Bertz CT molecular complexity index is 1410. The number of methoxy groups -OCH3 is 3. The van der Waals surface area contributed by atoms with Crippen molar-refractivity contribution in [2.45, 2.75) is 62.4 Å². The molecule has 9 atom stereocenters. The van der Waals surface area contributed by atoms with Gasteiger partial charge in [0.15, 0.2) is 35.1 Å². The maximum absolute atomic E-state index is 13.5. The van der Waals surface area contributed by atoms with Crippen molar-refractivity contribution in [3.05, 3.63) is 41.0 Å². The number of fused-ring (bicyclic) bond motifs is 4. The summed E-state index contributed by atoms with van der Waals surface area (Å²) in [6.07, 6.45) is -6.26. The van der Waals surface area contributed by atoms with Crippen molar-refractivity contribution in [2.75, 3.05) is 41.3 Å². The second-order valence-corrected chi connectivity index (χ2v) is 12.0. The average molecular weight is 617 g/mol. The monoisotopic (exact) mass is 616 g/mol. The molecule has 0 radical (unpaired) electrons. The Morgan fingerprint density at radius 3 is 2.20 bits per heavy atom. The molecule has 0 unspecified atom stereocenters. The first-order valence-electron chi connectivity index (χ1n) is 14.5. The molecule has 0 spiro atoms. The summed E-state index contributed by atoms with van der Waals surface area (Å²) in [6.45, 7) is 3.72. The molecule has 2 aromatic rings. The minimum atomic E-state index is -1.44. The van der Waals surface area contributed by atoms with Crippen LogP contribution in [0.3, 0.4) is 0 Å². The third-order valence-electron chi connectivity index (χ3n) is 9.10. The van der Waals surface area contributed by atoms with Crippen LogP contribution < -0.4 is 23.7 Å². The van der Waals surface area contributed by atoms with Crippen molar-refractivity contribution in [3.8, 4) is 28.7 Å². The van der Waals surface area contributed by atoms with Gasteiger partial charge in [-0.15, -0.1) is 0 Å². The molecule has 2 aromatic carbocycles. The number of rotatable bonds is 6. The van der Waals surface area contributed by atoms with E-state index in [1.54, 1.807) is 13.8 Å². The van der Waals surface area contributed by atoms with Crippen molar-refractivity contribution in [1.82, 2.24) is 0 Å². The molecular formula is C31H36O13. The van der Waals surface area contributed by atoms with E-state index in [0.29, 0.717) is 34.3 Å². The van der Waals surface area contributed by atoms with E-state index in [1.807, 2.05) is 24.3 Å². The smallest absolute Gasteiger partial charge is 0.310 e. The second kappa shape index (κ2) is 10.9. The Labute approximate surface area is 253 Å². The summed E-state index contributed by atoms with van der Waals surface area (Å²) in [5, 5.41) is 22.2. The fourth-order valence-electron chi connectivity index (χ4n) is 7.05. The Morgan fingerprint density at radius 1 is 0.864 bits per heavy atom. The van der Waals surface area contributed by atoms with Crippen LogP contribution in [0.25, 0.3) is 0 Å². The summed E-state index contributed by atoms with van der Waals surface area (Å²) in [7, 11) is 4.58. The highest BCUT2D eigenvalue weighted by atomic mass is 16.8. The van der Waals surface area contributed by atoms with E-state index in [4.69, 9.17) is 47.4 Å². The van der Waals surface area contributed by atoms with Gasteiger partial charge in [-0.1, -0.05) is 0 Å². The molecule has 44 heavy (non-hydrogen) atoms. The summed E-state index contributed by atoms with van der Waals surface area (Å²) in [5.41, 5.74) is 2.18. The Morgan fingerprint density at radius 2 is 1.55 bits per heavy atom. The van der Waals surface area contributed by atoms with E-state index in [1.165, 1.54) is 21.3 Å². The number of carbonyl (C=O) groups excluding carboxylic acids is 1. The van der Waals surface area contributed by atoms with Gasteiger partial charge < -0.3 is 57.6 Å². The molecule has 0 aromatic heterocycles. The Hall–Kier alpha value is -3.33. The minimum Gasteiger partial charge on any atom is -0.493 e. The van der Waals surface area contributed by atoms with Crippen molar-refractivity contribution in [2.24, 2.45) is 11.8 Å². The van der Waals surface area contributed by atoms with Gasteiger partial charge in [0.1, 0.15) is 24.4 Å². The van der Waals surface area contributed by atoms with E-state index < -0.39 is 66.3 Å². The van der Waals surface area contributed by atoms with E-state index >= 15 is 0 Å². The first kappa shape index (κ1) is 29.4. The molecule has 2 N–H and O–H groups in total. The SMILES string of the molecule is COc1cc([C@@H]2c3cc4c(cc3[C@H](O[C@H]3O[C@@H]5COC(C)(C)O[C@H]5[C@H](O)[C@H]3O)[C@H]3COC(=O)[C@H]23)OCO4)cc(OC)c1OC. The summed E-state index contributed by atoms with van der Waals surface area (Å²) in [4.78, 5) is 13.5. The van der Waals surface area contributed by atoms with E-state index in [2.05, 4.69) is 0 Å². The van der Waals surface area contributed by atoms with Crippen molar-refractivity contribution >= 4 is 5.97 Å². The van der Waals surface area contributed by atoms with Crippen LogP contribution in [-0.2, 0) is 28.5 Å². The molecule has 5 aliphatic rings. The van der Waals surface area contributed by atoms with Crippen LogP contribution >= 0.6 is 0 Å². The maximum Gasteiger partial charge on any atom is 0.310 e. The molecule has 3 saturated heterocycles. The number of esters is 1. The third-order valence-corrected chi connectivity index (χ3v) is 9.10. The zero-order valence-electron chi connectivity index (χ0n) is 25.0. The number of benzene rings is 2. The molecule has 4 heterocycles. The van der Waals surface area contributed by atoms with Gasteiger partial charge in [0.25, 0.3) is 0 Å². The van der Waals surface area contributed by atoms with Gasteiger partial charge in [0.2, 0.25) is 12.5 Å². The zero-order valence-corrected chi connectivity index (χ0v) is 25.0. The number of hydrogen-bond donors (Lipinski definition) is 2. The number of hydrogen-bond acceptors (Lipinski definition) is 13. The van der Waals surface area contributed by atoms with Gasteiger partial charge in [-0.3, -0.25) is 4.79 Å². The Kier molecular flexibility index (Phi) is 7.30. The molecule has 7 rings (SSSR count).